The van der Waals surface area contributed by atoms with Crippen molar-refractivity contribution in [2.45, 2.75) is 30.6 Å². The molecule has 0 amide bonds. The van der Waals surface area contributed by atoms with Crippen molar-refractivity contribution >= 4 is 52.8 Å². The Balaban J connectivity index is 1.77. The third-order valence-electron chi connectivity index (χ3n) is 5.40. The molecule has 2 aromatic carbocycles. The summed E-state index contributed by atoms with van der Waals surface area (Å²) in [6.07, 6.45) is 4.56. The quantitative estimate of drug-likeness (QED) is 0.487. The molecular weight excluding hydrogens is 483 g/mol. The Bertz CT molecular complexity index is 1010. The second-order valence-corrected chi connectivity index (χ2v) is 10.8. The van der Waals surface area contributed by atoms with Crippen molar-refractivity contribution in [3.05, 3.63) is 62.5 Å². The van der Waals surface area contributed by atoms with Crippen LogP contribution in [0.4, 0.5) is 4.39 Å². The zero-order valence-electron chi connectivity index (χ0n) is 13.9. The lowest BCUT2D eigenvalue weighted by atomic mass is 9.97. The van der Waals surface area contributed by atoms with Gasteiger partial charge >= 0.3 is 0 Å². The standard InChI is InChI=1S/C20H17Br2FO2S/c21-18-6-3-14(9-19(18)22)17-11-20(7-8-20)10-16(17)13-1-4-15(5-2-13)26(24,25)12-23/h1-6,9H,7-8,10-12H2. The highest BCUT2D eigenvalue weighted by Crippen LogP contribution is 2.63. The topological polar surface area (TPSA) is 34.1 Å². The molecule has 0 N–H and O–H groups in total. The van der Waals surface area contributed by atoms with Crippen LogP contribution in [0.3, 0.4) is 0 Å². The van der Waals surface area contributed by atoms with Crippen LogP contribution in [0, 0.1) is 5.41 Å². The first-order valence-corrected chi connectivity index (χ1v) is 11.6. The third kappa shape index (κ3) is 3.32. The van der Waals surface area contributed by atoms with Gasteiger partial charge < -0.3 is 0 Å². The molecule has 0 unspecified atom stereocenters. The highest BCUT2D eigenvalue weighted by atomic mass is 79.9. The molecule has 0 atom stereocenters. The van der Waals surface area contributed by atoms with E-state index in [-0.39, 0.29) is 4.90 Å². The van der Waals surface area contributed by atoms with Gasteiger partial charge in [0.25, 0.3) is 0 Å². The number of rotatable bonds is 4. The normalized spacial score (nSPS) is 18.6. The van der Waals surface area contributed by atoms with Gasteiger partial charge in [-0.15, -0.1) is 0 Å². The van der Waals surface area contributed by atoms with Crippen LogP contribution in [0.2, 0.25) is 0 Å². The Morgan fingerprint density at radius 1 is 0.885 bits per heavy atom. The molecule has 0 saturated heterocycles. The molecule has 4 rings (SSSR count). The monoisotopic (exact) mass is 498 g/mol. The van der Waals surface area contributed by atoms with Gasteiger partial charge in [0.1, 0.15) is 0 Å². The van der Waals surface area contributed by atoms with Gasteiger partial charge in [0.2, 0.25) is 9.84 Å². The van der Waals surface area contributed by atoms with E-state index in [1.165, 1.54) is 41.7 Å². The molecule has 0 bridgehead atoms. The van der Waals surface area contributed by atoms with Gasteiger partial charge in [-0.05, 0) is 109 Å². The first-order valence-electron chi connectivity index (χ1n) is 8.40. The summed E-state index contributed by atoms with van der Waals surface area (Å²) < 4.78 is 38.2. The second-order valence-electron chi connectivity index (χ2n) is 7.19. The van der Waals surface area contributed by atoms with E-state index in [0.717, 1.165) is 27.4 Å². The van der Waals surface area contributed by atoms with Crippen LogP contribution in [0.15, 0.2) is 56.3 Å². The molecule has 0 aliphatic heterocycles. The van der Waals surface area contributed by atoms with Gasteiger partial charge in [-0.25, -0.2) is 12.8 Å². The van der Waals surface area contributed by atoms with E-state index in [1.807, 2.05) is 18.2 Å². The number of hydrogen-bond donors (Lipinski definition) is 0. The van der Waals surface area contributed by atoms with Crippen molar-refractivity contribution in [3.63, 3.8) is 0 Å². The molecule has 26 heavy (non-hydrogen) atoms. The Labute approximate surface area is 169 Å². The maximum absolute atomic E-state index is 12.7. The predicted octanol–water partition coefficient (Wildman–Crippen LogP) is 6.40. The van der Waals surface area contributed by atoms with Gasteiger partial charge in [0, 0.05) is 8.95 Å². The average Bonchev–Trinajstić information content (AvgIpc) is 3.28. The number of benzene rings is 2. The van der Waals surface area contributed by atoms with E-state index in [9.17, 15) is 12.8 Å². The van der Waals surface area contributed by atoms with Crippen molar-refractivity contribution in [1.82, 2.24) is 0 Å². The summed E-state index contributed by atoms with van der Waals surface area (Å²) in [7, 11) is -3.82. The number of allylic oxidation sites excluding steroid dienone is 2. The van der Waals surface area contributed by atoms with Gasteiger partial charge in [0.05, 0.1) is 4.90 Å². The number of halogens is 3. The number of alkyl halides is 1. The fourth-order valence-corrected chi connectivity index (χ4v) is 5.02. The Morgan fingerprint density at radius 2 is 1.46 bits per heavy atom. The van der Waals surface area contributed by atoms with E-state index in [1.54, 1.807) is 0 Å². The van der Waals surface area contributed by atoms with E-state index in [4.69, 9.17) is 0 Å². The van der Waals surface area contributed by atoms with Crippen LogP contribution >= 0.6 is 31.9 Å². The maximum Gasteiger partial charge on any atom is 0.207 e. The van der Waals surface area contributed by atoms with Crippen molar-refractivity contribution in [1.29, 1.82) is 0 Å². The second kappa shape index (κ2) is 6.57. The summed E-state index contributed by atoms with van der Waals surface area (Å²) in [4.78, 5) is 0.0384. The lowest BCUT2D eigenvalue weighted by Crippen LogP contribution is -2.02. The Kier molecular flexibility index (Phi) is 4.65. The molecule has 2 aliphatic rings. The molecule has 1 saturated carbocycles. The maximum atomic E-state index is 12.7. The summed E-state index contributed by atoms with van der Waals surface area (Å²) in [5.41, 5.74) is 5.21. The molecule has 1 spiro atoms. The minimum Gasteiger partial charge on any atom is -0.233 e. The summed E-state index contributed by atoms with van der Waals surface area (Å²) in [6.45, 7) is 0. The minimum atomic E-state index is -3.82. The molecule has 2 aliphatic carbocycles. The molecule has 6 heteroatoms. The van der Waals surface area contributed by atoms with Crippen molar-refractivity contribution < 1.29 is 12.8 Å². The summed E-state index contributed by atoms with van der Waals surface area (Å²) in [5.74, 6) is 0. The van der Waals surface area contributed by atoms with Gasteiger partial charge in [-0.1, -0.05) is 18.2 Å². The van der Waals surface area contributed by atoms with Crippen molar-refractivity contribution in [3.8, 4) is 0 Å². The van der Waals surface area contributed by atoms with Gasteiger partial charge in [-0.3, -0.25) is 0 Å². The molecule has 136 valence electrons. The number of sulfone groups is 1. The minimum absolute atomic E-state index is 0.0384. The summed E-state index contributed by atoms with van der Waals surface area (Å²) >= 11 is 7.10. The summed E-state index contributed by atoms with van der Waals surface area (Å²) in [6, 6.07) is 11.6. The van der Waals surface area contributed by atoms with Crippen LogP contribution in [0.25, 0.3) is 11.1 Å². The highest BCUT2D eigenvalue weighted by molar-refractivity contribution is 9.13. The van der Waals surface area contributed by atoms with Crippen LogP contribution in [0.5, 0.6) is 0 Å². The lowest BCUT2D eigenvalue weighted by molar-refractivity contribution is 0.534. The van der Waals surface area contributed by atoms with E-state index in [2.05, 4.69) is 44.0 Å². The lowest BCUT2D eigenvalue weighted by Gasteiger charge is -2.10. The van der Waals surface area contributed by atoms with Crippen LogP contribution < -0.4 is 0 Å². The van der Waals surface area contributed by atoms with E-state index < -0.39 is 15.8 Å². The molecule has 0 heterocycles. The predicted molar refractivity (Wildman–Crippen MR) is 109 cm³/mol. The van der Waals surface area contributed by atoms with Crippen LogP contribution in [0.1, 0.15) is 36.8 Å². The van der Waals surface area contributed by atoms with E-state index in [0.29, 0.717) is 5.41 Å². The number of hydrogen-bond acceptors (Lipinski definition) is 2. The Hall–Kier alpha value is -0.980. The molecule has 0 radical (unpaired) electrons. The molecule has 1 fully saturated rings. The zero-order valence-corrected chi connectivity index (χ0v) is 17.9. The van der Waals surface area contributed by atoms with Gasteiger partial charge in [0.15, 0.2) is 6.01 Å². The highest BCUT2D eigenvalue weighted by Gasteiger charge is 2.48. The Morgan fingerprint density at radius 3 is 2.00 bits per heavy atom. The third-order valence-corrected chi connectivity index (χ3v) is 8.56. The van der Waals surface area contributed by atoms with Crippen LogP contribution in [-0.2, 0) is 9.84 Å². The molecule has 2 aromatic rings. The fourth-order valence-electron chi connectivity index (χ4n) is 3.72. The molecule has 2 nitrogen and oxygen atoms in total. The summed E-state index contributed by atoms with van der Waals surface area (Å²) in [5, 5.41) is 0. The first kappa shape index (κ1) is 18.4. The van der Waals surface area contributed by atoms with E-state index >= 15 is 0 Å². The smallest absolute Gasteiger partial charge is 0.207 e. The molecular formula is C20H17Br2FO2S. The van der Waals surface area contributed by atoms with Crippen molar-refractivity contribution in [2.75, 3.05) is 6.01 Å². The van der Waals surface area contributed by atoms with Gasteiger partial charge in [-0.2, -0.15) is 0 Å². The molecule has 0 aromatic heterocycles. The first-order chi connectivity index (χ1) is 12.3. The van der Waals surface area contributed by atoms with Crippen LogP contribution in [-0.4, -0.2) is 14.4 Å². The SMILES string of the molecule is O=S(=O)(CF)c1ccc(C2=C(c3ccc(Br)c(Br)c3)CC3(CC3)C2)cc1. The zero-order chi connectivity index (χ0) is 18.5. The average molecular weight is 500 g/mol. The fraction of sp³-hybridized carbons (Fsp3) is 0.300. The largest absolute Gasteiger partial charge is 0.233 e. The van der Waals surface area contributed by atoms with Crippen molar-refractivity contribution in [2.24, 2.45) is 5.41 Å².